The highest BCUT2D eigenvalue weighted by Gasteiger charge is 2.42. The zero-order valence-electron chi connectivity index (χ0n) is 15.1. The van der Waals surface area contributed by atoms with Gasteiger partial charge in [-0.2, -0.15) is 0 Å². The van der Waals surface area contributed by atoms with Crippen molar-refractivity contribution in [2.45, 2.75) is 12.5 Å². The molecule has 146 valence electrons. The number of halogens is 1. The molecule has 1 aromatic carbocycles. The van der Waals surface area contributed by atoms with E-state index in [4.69, 9.17) is 21.8 Å². The van der Waals surface area contributed by atoms with E-state index < -0.39 is 15.6 Å². The molecule has 1 aliphatic heterocycles. The first-order chi connectivity index (χ1) is 13.2. The van der Waals surface area contributed by atoms with E-state index in [-0.39, 0.29) is 11.7 Å². The van der Waals surface area contributed by atoms with Crippen LogP contribution >= 0.6 is 22.9 Å². The van der Waals surface area contributed by atoms with Crippen LogP contribution in [0.15, 0.2) is 52.3 Å². The number of nitrogens with zero attached hydrogens (tertiary/aromatic N) is 3. The highest BCUT2D eigenvalue weighted by atomic mass is 35.5. The Hall–Kier alpha value is -2.36. The zero-order chi connectivity index (χ0) is 20.1. The number of sulfonamides is 1. The van der Waals surface area contributed by atoms with E-state index in [0.717, 1.165) is 20.3 Å². The summed E-state index contributed by atoms with van der Waals surface area (Å²) in [5, 5.41) is 0.462. The van der Waals surface area contributed by atoms with Gasteiger partial charge in [-0.3, -0.25) is 0 Å². The van der Waals surface area contributed by atoms with Gasteiger partial charge >= 0.3 is 0 Å². The predicted molar refractivity (Wildman–Crippen MR) is 111 cm³/mol. The molecule has 2 aromatic heterocycles. The Labute approximate surface area is 171 Å². The lowest BCUT2D eigenvalue weighted by molar-refractivity contribution is 0.482. The van der Waals surface area contributed by atoms with Gasteiger partial charge in [0.1, 0.15) is 5.54 Å². The van der Waals surface area contributed by atoms with Crippen molar-refractivity contribution in [3.05, 3.63) is 52.8 Å². The summed E-state index contributed by atoms with van der Waals surface area (Å²) in [5.41, 5.74) is 6.63. The number of hydrogen-bond donors (Lipinski definition) is 1. The van der Waals surface area contributed by atoms with Crippen molar-refractivity contribution < 1.29 is 12.8 Å². The quantitative estimate of drug-likeness (QED) is 0.676. The average Bonchev–Trinajstić information content (AvgIpc) is 3.29. The van der Waals surface area contributed by atoms with Crippen LogP contribution in [0.25, 0.3) is 21.8 Å². The van der Waals surface area contributed by atoms with E-state index in [1.54, 1.807) is 13.1 Å². The van der Waals surface area contributed by atoms with Gasteiger partial charge in [0.2, 0.25) is 16.0 Å². The first-order valence-corrected chi connectivity index (χ1v) is 11.1. The molecule has 0 saturated heterocycles. The molecule has 0 fully saturated rings. The lowest BCUT2D eigenvalue weighted by Gasteiger charge is -2.33. The molecule has 0 amide bonds. The van der Waals surface area contributed by atoms with Crippen molar-refractivity contribution in [2.75, 3.05) is 12.8 Å². The maximum atomic E-state index is 12.5. The molecule has 28 heavy (non-hydrogen) atoms. The molecule has 0 radical (unpaired) electrons. The Morgan fingerprint density at radius 3 is 2.75 bits per heavy atom. The van der Waals surface area contributed by atoms with Gasteiger partial charge in [0.25, 0.3) is 0 Å². The van der Waals surface area contributed by atoms with Gasteiger partial charge in [0, 0.05) is 17.5 Å². The van der Waals surface area contributed by atoms with Crippen molar-refractivity contribution in [1.82, 2.24) is 9.29 Å². The van der Waals surface area contributed by atoms with Crippen molar-refractivity contribution in [3.8, 4) is 21.8 Å². The Balaban J connectivity index is 1.77. The van der Waals surface area contributed by atoms with Crippen LogP contribution in [-0.4, -0.2) is 36.5 Å². The number of hydrogen-bond acceptors (Lipinski definition) is 7. The normalized spacial score (nSPS) is 21.5. The summed E-state index contributed by atoms with van der Waals surface area (Å²) in [6, 6.07) is 9.59. The Morgan fingerprint density at radius 2 is 2.07 bits per heavy atom. The van der Waals surface area contributed by atoms with Crippen LogP contribution in [0.2, 0.25) is 5.02 Å². The van der Waals surface area contributed by atoms with E-state index in [0.29, 0.717) is 15.7 Å². The molecule has 0 aliphatic carbocycles. The van der Waals surface area contributed by atoms with Gasteiger partial charge in [-0.15, -0.1) is 11.3 Å². The highest BCUT2D eigenvalue weighted by molar-refractivity contribution is 7.89. The fraction of sp³-hybridized carbons (Fsp3) is 0.222. The smallest absolute Gasteiger partial charge is 0.239 e. The van der Waals surface area contributed by atoms with E-state index in [1.807, 2.05) is 30.3 Å². The fourth-order valence-electron chi connectivity index (χ4n) is 3.13. The highest BCUT2D eigenvalue weighted by Crippen LogP contribution is 2.44. The van der Waals surface area contributed by atoms with Gasteiger partial charge in [0.15, 0.2) is 12.2 Å². The summed E-state index contributed by atoms with van der Waals surface area (Å²) >= 11 is 7.90. The summed E-state index contributed by atoms with van der Waals surface area (Å²) in [4.78, 5) is 9.93. The van der Waals surface area contributed by atoms with E-state index in [2.05, 4.69) is 9.98 Å². The number of nitrogens with two attached hydrogens (primary N) is 1. The van der Waals surface area contributed by atoms with Crippen LogP contribution in [0, 0.1) is 0 Å². The van der Waals surface area contributed by atoms with E-state index in [1.165, 1.54) is 24.8 Å². The lowest BCUT2D eigenvalue weighted by atomic mass is 10.0. The van der Waals surface area contributed by atoms with E-state index >= 15 is 0 Å². The number of aromatic nitrogens is 1. The predicted octanol–water partition coefficient (Wildman–Crippen LogP) is 3.53. The van der Waals surface area contributed by atoms with Crippen LogP contribution < -0.4 is 5.73 Å². The minimum Gasteiger partial charge on any atom is -0.444 e. The second-order valence-corrected chi connectivity index (χ2v) is 10.2. The minimum absolute atomic E-state index is 0.0490. The van der Waals surface area contributed by atoms with Crippen LogP contribution in [0.3, 0.4) is 0 Å². The van der Waals surface area contributed by atoms with Gasteiger partial charge in [-0.05, 0) is 24.6 Å². The van der Waals surface area contributed by atoms with Gasteiger partial charge < -0.3 is 10.2 Å². The van der Waals surface area contributed by atoms with Gasteiger partial charge in [-0.25, -0.2) is 22.7 Å². The van der Waals surface area contributed by atoms with Crippen molar-refractivity contribution in [3.63, 3.8) is 0 Å². The van der Waals surface area contributed by atoms with Crippen molar-refractivity contribution in [2.24, 2.45) is 10.7 Å². The number of rotatable bonds is 3. The van der Waals surface area contributed by atoms with Crippen LogP contribution in [0.1, 0.15) is 11.8 Å². The molecule has 3 aromatic rings. The second-order valence-electron chi connectivity index (χ2n) is 6.70. The summed E-state index contributed by atoms with van der Waals surface area (Å²) in [6.45, 7) is 1.73. The topological polar surface area (TPSA) is 102 Å². The second kappa shape index (κ2) is 6.61. The van der Waals surface area contributed by atoms with Crippen LogP contribution in [-0.2, 0) is 15.6 Å². The Bertz CT molecular complexity index is 1170. The minimum atomic E-state index is -3.57. The number of thiophene rings is 1. The number of oxazole rings is 1. The van der Waals surface area contributed by atoms with Crippen LogP contribution in [0.4, 0.5) is 0 Å². The SMILES string of the molecule is CN1C(N)=NC(C)(c2sc(-c3cccc(-c4cnco4)c3)cc2Cl)CS1(=O)=O. The number of benzene rings is 1. The monoisotopic (exact) mass is 436 g/mol. The number of guanidine groups is 1. The molecule has 0 bridgehead atoms. The molecule has 1 atom stereocenters. The van der Waals surface area contributed by atoms with Crippen molar-refractivity contribution in [1.29, 1.82) is 0 Å². The fourth-order valence-corrected chi connectivity index (χ4v) is 6.29. The summed E-state index contributed by atoms with van der Waals surface area (Å²) in [6.07, 6.45) is 3.03. The molecule has 10 heteroatoms. The molecule has 1 aliphatic rings. The lowest BCUT2D eigenvalue weighted by Crippen LogP contribution is -2.50. The Kier molecular flexibility index (Phi) is 4.48. The molecule has 7 nitrogen and oxygen atoms in total. The maximum absolute atomic E-state index is 12.5. The number of aliphatic imine (C=N–C) groups is 1. The molecule has 3 heterocycles. The standard InChI is InChI=1S/C18H17ClN4O3S2/c1-18(9-28(24,25)23(2)17(20)22-18)16-13(19)7-15(27-16)12-5-3-4-11(6-12)14-8-21-10-26-14/h3-8,10H,9H2,1-2H3,(H2,20,22). The molecular weight excluding hydrogens is 420 g/mol. The van der Waals surface area contributed by atoms with E-state index in [9.17, 15) is 8.42 Å². The third-order valence-corrected chi connectivity index (χ3v) is 8.40. The maximum Gasteiger partial charge on any atom is 0.239 e. The first-order valence-electron chi connectivity index (χ1n) is 8.31. The van der Waals surface area contributed by atoms with Gasteiger partial charge in [-0.1, -0.05) is 29.8 Å². The molecule has 1 unspecified atom stereocenters. The molecular formula is C18H17ClN4O3S2. The van der Waals surface area contributed by atoms with Crippen LogP contribution in [0.5, 0.6) is 0 Å². The van der Waals surface area contributed by atoms with Crippen molar-refractivity contribution >= 4 is 38.9 Å². The third-order valence-electron chi connectivity index (χ3n) is 4.60. The van der Waals surface area contributed by atoms with Gasteiger partial charge in [0.05, 0.1) is 21.8 Å². The Morgan fingerprint density at radius 1 is 1.32 bits per heavy atom. The molecule has 0 spiro atoms. The molecule has 2 N–H and O–H groups in total. The molecule has 0 saturated carbocycles. The summed E-state index contributed by atoms with van der Waals surface area (Å²) < 4.78 is 31.3. The average molecular weight is 437 g/mol. The zero-order valence-corrected chi connectivity index (χ0v) is 17.5. The first kappa shape index (κ1) is 19.0. The molecule has 4 rings (SSSR count). The summed E-state index contributed by atoms with van der Waals surface area (Å²) in [7, 11) is -2.18. The third kappa shape index (κ3) is 3.19. The largest absolute Gasteiger partial charge is 0.444 e. The summed E-state index contributed by atoms with van der Waals surface area (Å²) in [5.74, 6) is 0.414.